The number of rotatable bonds is 11. The lowest BCUT2D eigenvalue weighted by atomic mass is 9.74. The van der Waals surface area contributed by atoms with Crippen molar-refractivity contribution in [3.8, 4) is 0 Å². The van der Waals surface area contributed by atoms with Gasteiger partial charge in [0.15, 0.2) is 0 Å². The Labute approximate surface area is 189 Å². The Balaban J connectivity index is 1.69. The maximum absolute atomic E-state index is 2.54. The monoisotopic (exact) mass is 411 g/mol. The Bertz CT molecular complexity index is 569. The van der Waals surface area contributed by atoms with E-state index in [9.17, 15) is 0 Å². The smallest absolute Gasteiger partial charge is 0.0832 e. The van der Waals surface area contributed by atoms with E-state index in [1.54, 1.807) is 11.5 Å². The third kappa shape index (κ3) is 8.32. The summed E-state index contributed by atoms with van der Waals surface area (Å²) in [6.07, 6.45) is 26.1. The highest BCUT2D eigenvalue weighted by Gasteiger charge is 2.31. The molecule has 5 atom stereocenters. The topological polar surface area (TPSA) is 0 Å². The zero-order valence-corrected chi connectivity index (χ0v) is 21.3. The van der Waals surface area contributed by atoms with Gasteiger partial charge in [0.25, 0.3) is 0 Å². The zero-order chi connectivity index (χ0) is 22.1. The average molecular weight is 412 g/mol. The molecule has 2 aliphatic carbocycles. The molecule has 0 aromatic carbocycles. The highest BCUT2D eigenvalue weighted by molar-refractivity contribution is 5.36. The molecule has 2 aliphatic rings. The van der Waals surface area contributed by atoms with Crippen LogP contribution in [0.2, 0.25) is 0 Å². The zero-order valence-electron chi connectivity index (χ0n) is 21.3. The molecule has 30 heavy (non-hydrogen) atoms. The van der Waals surface area contributed by atoms with Crippen molar-refractivity contribution in [2.75, 3.05) is 0 Å². The van der Waals surface area contributed by atoms with E-state index in [2.05, 4.69) is 78.8 Å². The van der Waals surface area contributed by atoms with Gasteiger partial charge in [-0.25, -0.2) is 0 Å². The van der Waals surface area contributed by atoms with Crippen molar-refractivity contribution in [3.05, 3.63) is 41.9 Å². The summed E-state index contributed by atoms with van der Waals surface area (Å²) < 4.78 is 0. The van der Waals surface area contributed by atoms with Gasteiger partial charge in [-0.15, -0.1) is 0 Å². The second-order valence-electron chi connectivity index (χ2n) is 11.5. The molecule has 0 N–H and O–H groups in total. The molecule has 0 aliphatic heterocycles. The third-order valence-electron chi connectivity index (χ3n) is 7.81. The molecule has 0 fully saturated rings. The molecule has 5 unspecified atom stereocenters. The Morgan fingerprint density at radius 2 is 1.70 bits per heavy atom. The van der Waals surface area contributed by atoms with Gasteiger partial charge in [0.2, 0.25) is 0 Å². The molecule has 0 heterocycles. The highest BCUT2D eigenvalue weighted by atomic mass is 14.3. The maximum atomic E-state index is 2.54. The summed E-state index contributed by atoms with van der Waals surface area (Å²) in [6.45, 7) is 16.6. The van der Waals surface area contributed by atoms with E-state index < -0.39 is 0 Å². The van der Waals surface area contributed by atoms with Gasteiger partial charge in [0.1, 0.15) is 0 Å². The van der Waals surface area contributed by atoms with Crippen molar-refractivity contribution in [2.24, 2.45) is 35.0 Å². The normalized spacial score (nSPS) is 26.6. The Kier molecular flexibility index (Phi) is 10.3. The lowest BCUT2D eigenvalue weighted by molar-refractivity contribution is 0.324. The minimum atomic E-state index is 0.280. The van der Waals surface area contributed by atoms with Crippen LogP contribution in [0.1, 0.15) is 113 Å². The summed E-state index contributed by atoms with van der Waals surface area (Å²) >= 11 is 0. The van der Waals surface area contributed by atoms with Crippen LogP contribution in [0.15, 0.2) is 36.0 Å². The van der Waals surface area contributed by atoms with E-state index in [-0.39, 0.29) is 5.41 Å². The Morgan fingerprint density at radius 3 is 2.30 bits per heavy atom. The fourth-order valence-electron chi connectivity index (χ4n) is 5.58. The Morgan fingerprint density at radius 1 is 1.00 bits per heavy atom. The standard InChI is InChI=1S/C30H51/c1-8-25(15-13-23(3)21-28-19-17-26(9-2)18-20-28)11-10-12-27-16-14-24(4)29(22-27)30(5,6)7/h14,16-17,19,22-26,28H,8-13,15,18,20-21H2,1-7H3/q+1. The van der Waals surface area contributed by atoms with Crippen LogP contribution in [0.4, 0.5) is 0 Å². The molecule has 0 saturated heterocycles. The van der Waals surface area contributed by atoms with Crippen LogP contribution in [0.5, 0.6) is 0 Å². The predicted molar refractivity (Wildman–Crippen MR) is 135 cm³/mol. The summed E-state index contributed by atoms with van der Waals surface area (Å²) in [5, 5.41) is 0. The quantitative estimate of drug-likeness (QED) is 0.234. The summed E-state index contributed by atoms with van der Waals surface area (Å²) in [4.78, 5) is 0. The van der Waals surface area contributed by atoms with Gasteiger partial charge in [0.05, 0.1) is 17.9 Å². The van der Waals surface area contributed by atoms with Crippen molar-refractivity contribution in [1.29, 1.82) is 0 Å². The van der Waals surface area contributed by atoms with Crippen LogP contribution in [-0.2, 0) is 0 Å². The van der Waals surface area contributed by atoms with Gasteiger partial charge in [-0.2, -0.15) is 0 Å². The summed E-state index contributed by atoms with van der Waals surface area (Å²) in [7, 11) is 0. The highest BCUT2D eigenvalue weighted by Crippen LogP contribution is 2.38. The molecule has 0 nitrogen and oxygen atoms in total. The lowest BCUT2D eigenvalue weighted by Crippen LogP contribution is -2.18. The molecule has 0 bridgehead atoms. The first-order valence-electron chi connectivity index (χ1n) is 13.2. The van der Waals surface area contributed by atoms with E-state index in [0.29, 0.717) is 5.92 Å². The number of allylic oxidation sites excluding steroid dienone is 6. The second-order valence-corrected chi connectivity index (χ2v) is 11.5. The fraction of sp³-hybridized carbons (Fsp3) is 0.767. The molecule has 0 amide bonds. The van der Waals surface area contributed by atoms with Crippen molar-refractivity contribution in [3.63, 3.8) is 0 Å². The van der Waals surface area contributed by atoms with Crippen LogP contribution in [0, 0.1) is 40.9 Å². The first kappa shape index (κ1) is 25.4. The molecule has 0 aromatic heterocycles. The summed E-state index contributed by atoms with van der Waals surface area (Å²) in [5.41, 5.74) is 1.88. The maximum Gasteiger partial charge on any atom is 0.0832 e. The number of hydrogen-bond donors (Lipinski definition) is 0. The SMILES string of the molecule is CCC1C=CC(CC(C)CCC(CC)CCC[C+]2C=CC(C)C(C(C)(C)C)=C2)CC1. The van der Waals surface area contributed by atoms with Crippen molar-refractivity contribution in [1.82, 2.24) is 0 Å². The molecule has 0 aromatic rings. The van der Waals surface area contributed by atoms with Crippen LogP contribution < -0.4 is 0 Å². The Hall–Kier alpha value is -0.910. The molecular weight excluding hydrogens is 360 g/mol. The van der Waals surface area contributed by atoms with Gasteiger partial charge in [-0.05, 0) is 89.9 Å². The summed E-state index contributed by atoms with van der Waals surface area (Å²) in [6, 6.07) is 0. The average Bonchev–Trinajstić information content (AvgIpc) is 2.71. The van der Waals surface area contributed by atoms with E-state index in [4.69, 9.17) is 0 Å². The van der Waals surface area contributed by atoms with Crippen LogP contribution in [-0.4, -0.2) is 0 Å². The van der Waals surface area contributed by atoms with Crippen molar-refractivity contribution in [2.45, 2.75) is 113 Å². The van der Waals surface area contributed by atoms with Crippen LogP contribution >= 0.6 is 0 Å². The largest absolute Gasteiger partial charge is 0.0852 e. The molecule has 170 valence electrons. The van der Waals surface area contributed by atoms with Gasteiger partial charge in [-0.3, -0.25) is 0 Å². The predicted octanol–water partition coefficient (Wildman–Crippen LogP) is 9.73. The minimum Gasteiger partial charge on any atom is -0.0852 e. The summed E-state index contributed by atoms with van der Waals surface area (Å²) in [5.74, 6) is 5.64. The molecule has 0 radical (unpaired) electrons. The van der Waals surface area contributed by atoms with Crippen molar-refractivity contribution >= 4 is 0 Å². The molecule has 0 spiro atoms. The van der Waals surface area contributed by atoms with Crippen LogP contribution in [0.25, 0.3) is 0 Å². The third-order valence-corrected chi connectivity index (χ3v) is 7.81. The van der Waals surface area contributed by atoms with Crippen LogP contribution in [0.3, 0.4) is 0 Å². The lowest BCUT2D eigenvalue weighted by Gasteiger charge is -2.25. The van der Waals surface area contributed by atoms with Gasteiger partial charge in [0, 0.05) is 29.6 Å². The molecule has 0 saturated carbocycles. The van der Waals surface area contributed by atoms with E-state index in [1.807, 2.05) is 0 Å². The first-order valence-corrected chi connectivity index (χ1v) is 13.2. The fourth-order valence-corrected chi connectivity index (χ4v) is 5.58. The van der Waals surface area contributed by atoms with E-state index >= 15 is 0 Å². The van der Waals surface area contributed by atoms with Crippen molar-refractivity contribution < 1.29 is 0 Å². The number of hydrogen-bond acceptors (Lipinski definition) is 0. The van der Waals surface area contributed by atoms with E-state index in [1.165, 1.54) is 64.2 Å². The van der Waals surface area contributed by atoms with Gasteiger partial charge >= 0.3 is 0 Å². The second kappa shape index (κ2) is 12.2. The van der Waals surface area contributed by atoms with Gasteiger partial charge < -0.3 is 0 Å². The molecular formula is C30H51+. The molecule has 2 rings (SSSR count). The molecule has 0 heteroatoms. The minimum absolute atomic E-state index is 0.280. The first-order chi connectivity index (χ1) is 14.2. The van der Waals surface area contributed by atoms with E-state index in [0.717, 1.165) is 23.7 Å². The van der Waals surface area contributed by atoms with Gasteiger partial charge in [-0.1, -0.05) is 52.2 Å².